The highest BCUT2D eigenvalue weighted by Gasteiger charge is 2.22. The number of hydrogen-bond acceptors (Lipinski definition) is 4. The van der Waals surface area contributed by atoms with Crippen molar-refractivity contribution < 1.29 is 14.6 Å². The highest BCUT2D eigenvalue weighted by molar-refractivity contribution is 5.79. The number of ether oxygens (including phenoxy) is 2. The fourth-order valence-electron chi connectivity index (χ4n) is 2.24. The van der Waals surface area contributed by atoms with Crippen LogP contribution in [0.4, 0.5) is 0 Å². The Kier molecular flexibility index (Phi) is 8.40. The first-order chi connectivity index (χ1) is 11.5. The Balaban J connectivity index is 2.78. The SMILES string of the molecule is CCNC(=NCc1ccc(OC)c(OC)c1)NCC(O)(CC)CC. The van der Waals surface area contributed by atoms with Gasteiger partial charge >= 0.3 is 0 Å². The summed E-state index contributed by atoms with van der Waals surface area (Å²) >= 11 is 0. The van der Waals surface area contributed by atoms with Gasteiger partial charge in [-0.25, -0.2) is 4.99 Å². The molecule has 1 aromatic rings. The standard InChI is InChI=1S/C18H31N3O3/c1-6-18(22,7-2)13-21-17(19-8-3)20-12-14-9-10-15(23-4)16(11-14)24-5/h9-11,22H,6-8,12-13H2,1-5H3,(H2,19,20,21). The Morgan fingerprint density at radius 1 is 1.08 bits per heavy atom. The van der Waals surface area contributed by atoms with Crippen LogP contribution in [0.1, 0.15) is 39.2 Å². The summed E-state index contributed by atoms with van der Waals surface area (Å²) in [4.78, 5) is 4.57. The van der Waals surface area contributed by atoms with Crippen LogP contribution in [-0.2, 0) is 6.54 Å². The Morgan fingerprint density at radius 2 is 1.75 bits per heavy atom. The average Bonchev–Trinajstić information content (AvgIpc) is 2.63. The Morgan fingerprint density at radius 3 is 2.29 bits per heavy atom. The first kappa shape index (κ1) is 20.1. The fraction of sp³-hybridized carbons (Fsp3) is 0.611. The van der Waals surface area contributed by atoms with Crippen LogP contribution in [-0.4, -0.2) is 44.0 Å². The third-order valence-corrected chi connectivity index (χ3v) is 4.11. The summed E-state index contributed by atoms with van der Waals surface area (Å²) in [5, 5.41) is 16.8. The van der Waals surface area contributed by atoms with Crippen LogP contribution >= 0.6 is 0 Å². The van der Waals surface area contributed by atoms with Gasteiger partial charge in [-0.1, -0.05) is 19.9 Å². The molecule has 0 saturated heterocycles. The topological polar surface area (TPSA) is 75.1 Å². The van der Waals surface area contributed by atoms with E-state index in [4.69, 9.17) is 9.47 Å². The first-order valence-electron chi connectivity index (χ1n) is 8.47. The van der Waals surface area contributed by atoms with Crippen molar-refractivity contribution in [3.63, 3.8) is 0 Å². The van der Waals surface area contributed by atoms with E-state index in [1.807, 2.05) is 39.0 Å². The highest BCUT2D eigenvalue weighted by atomic mass is 16.5. The number of nitrogens with zero attached hydrogens (tertiary/aromatic N) is 1. The summed E-state index contributed by atoms with van der Waals surface area (Å²) in [5.74, 6) is 2.08. The third-order valence-electron chi connectivity index (χ3n) is 4.11. The summed E-state index contributed by atoms with van der Waals surface area (Å²) in [7, 11) is 3.23. The van der Waals surface area contributed by atoms with Crippen molar-refractivity contribution in [1.82, 2.24) is 10.6 Å². The summed E-state index contributed by atoms with van der Waals surface area (Å²) in [5.41, 5.74) is 0.311. The minimum absolute atomic E-state index is 0.470. The molecule has 24 heavy (non-hydrogen) atoms. The number of nitrogens with one attached hydrogen (secondary N) is 2. The number of hydrogen-bond donors (Lipinski definition) is 3. The lowest BCUT2D eigenvalue weighted by molar-refractivity contribution is 0.0367. The monoisotopic (exact) mass is 337 g/mol. The maximum absolute atomic E-state index is 10.4. The molecule has 0 heterocycles. The van der Waals surface area contributed by atoms with Crippen molar-refractivity contribution in [2.24, 2.45) is 4.99 Å². The molecule has 6 heteroatoms. The lowest BCUT2D eigenvalue weighted by Gasteiger charge is -2.26. The molecule has 1 rings (SSSR count). The van der Waals surface area contributed by atoms with Gasteiger partial charge in [0, 0.05) is 13.1 Å². The van der Waals surface area contributed by atoms with Crippen molar-refractivity contribution >= 4 is 5.96 Å². The van der Waals surface area contributed by atoms with E-state index in [9.17, 15) is 5.11 Å². The summed E-state index contributed by atoms with van der Waals surface area (Å²) in [6.07, 6.45) is 1.40. The maximum Gasteiger partial charge on any atom is 0.191 e. The third kappa shape index (κ3) is 5.92. The molecule has 0 aromatic heterocycles. The van der Waals surface area contributed by atoms with Gasteiger partial charge in [0.05, 0.1) is 26.4 Å². The molecular formula is C18H31N3O3. The van der Waals surface area contributed by atoms with E-state index in [0.29, 0.717) is 43.4 Å². The minimum atomic E-state index is -0.709. The van der Waals surface area contributed by atoms with Crippen LogP contribution in [0.2, 0.25) is 0 Å². The van der Waals surface area contributed by atoms with Crippen LogP contribution in [0.25, 0.3) is 0 Å². The van der Waals surface area contributed by atoms with Crippen LogP contribution in [0, 0.1) is 0 Å². The largest absolute Gasteiger partial charge is 0.493 e. The fourth-order valence-corrected chi connectivity index (χ4v) is 2.24. The van der Waals surface area contributed by atoms with Crippen molar-refractivity contribution in [3.8, 4) is 11.5 Å². The van der Waals surface area contributed by atoms with Crippen molar-refractivity contribution in [3.05, 3.63) is 23.8 Å². The van der Waals surface area contributed by atoms with Crippen molar-refractivity contribution in [2.45, 2.75) is 45.8 Å². The molecule has 0 aliphatic rings. The van der Waals surface area contributed by atoms with E-state index in [1.54, 1.807) is 14.2 Å². The maximum atomic E-state index is 10.4. The van der Waals surface area contributed by atoms with Gasteiger partial charge in [0.15, 0.2) is 17.5 Å². The molecule has 0 amide bonds. The zero-order chi connectivity index (χ0) is 18.0. The second-order valence-electron chi connectivity index (χ2n) is 5.67. The van der Waals surface area contributed by atoms with Gasteiger partial charge < -0.3 is 25.2 Å². The number of methoxy groups -OCH3 is 2. The Labute approximate surface area is 145 Å². The molecule has 3 N–H and O–H groups in total. The molecule has 0 spiro atoms. The molecule has 6 nitrogen and oxygen atoms in total. The van der Waals surface area contributed by atoms with Gasteiger partial charge in [-0.3, -0.25) is 0 Å². The molecular weight excluding hydrogens is 306 g/mol. The van der Waals surface area contributed by atoms with Crippen LogP contribution < -0.4 is 20.1 Å². The quantitative estimate of drug-likeness (QED) is 0.476. The van der Waals surface area contributed by atoms with E-state index >= 15 is 0 Å². The average molecular weight is 337 g/mol. The summed E-state index contributed by atoms with van der Waals surface area (Å²) in [6.45, 7) is 7.72. The molecule has 0 atom stereocenters. The zero-order valence-electron chi connectivity index (χ0n) is 15.5. The van der Waals surface area contributed by atoms with Gasteiger partial charge in [0.25, 0.3) is 0 Å². The molecule has 0 fully saturated rings. The van der Waals surface area contributed by atoms with Crippen LogP contribution in [0.3, 0.4) is 0 Å². The molecule has 0 radical (unpaired) electrons. The summed E-state index contributed by atoms with van der Waals surface area (Å²) in [6, 6.07) is 5.75. The highest BCUT2D eigenvalue weighted by Crippen LogP contribution is 2.27. The van der Waals surface area contributed by atoms with E-state index in [0.717, 1.165) is 12.1 Å². The van der Waals surface area contributed by atoms with Gasteiger partial charge in [-0.05, 0) is 37.5 Å². The van der Waals surface area contributed by atoms with Gasteiger partial charge in [-0.15, -0.1) is 0 Å². The molecule has 0 saturated carbocycles. The normalized spacial score (nSPS) is 12.0. The number of rotatable bonds is 9. The van der Waals surface area contributed by atoms with Crippen LogP contribution in [0.15, 0.2) is 23.2 Å². The van der Waals surface area contributed by atoms with E-state index in [2.05, 4.69) is 15.6 Å². The lowest BCUT2D eigenvalue weighted by Crippen LogP contribution is -2.46. The van der Waals surface area contributed by atoms with Gasteiger partial charge in [0.2, 0.25) is 0 Å². The van der Waals surface area contributed by atoms with Crippen LogP contribution in [0.5, 0.6) is 11.5 Å². The molecule has 0 aliphatic heterocycles. The zero-order valence-corrected chi connectivity index (χ0v) is 15.5. The van der Waals surface area contributed by atoms with Gasteiger partial charge in [-0.2, -0.15) is 0 Å². The smallest absolute Gasteiger partial charge is 0.191 e. The first-order valence-corrected chi connectivity index (χ1v) is 8.47. The number of aliphatic imine (C=N–C) groups is 1. The number of guanidine groups is 1. The predicted octanol–water partition coefficient (Wildman–Crippen LogP) is 2.31. The lowest BCUT2D eigenvalue weighted by atomic mass is 9.98. The molecule has 0 aliphatic carbocycles. The van der Waals surface area contributed by atoms with Crippen molar-refractivity contribution in [1.29, 1.82) is 0 Å². The van der Waals surface area contributed by atoms with E-state index in [1.165, 1.54) is 0 Å². The summed E-state index contributed by atoms with van der Waals surface area (Å²) < 4.78 is 10.6. The minimum Gasteiger partial charge on any atom is -0.493 e. The van der Waals surface area contributed by atoms with E-state index in [-0.39, 0.29) is 0 Å². The number of aliphatic hydroxyl groups is 1. The molecule has 0 unspecified atom stereocenters. The molecule has 0 bridgehead atoms. The molecule has 1 aromatic carbocycles. The second kappa shape index (κ2) is 10.0. The molecule has 136 valence electrons. The Hall–Kier alpha value is -1.95. The van der Waals surface area contributed by atoms with E-state index < -0.39 is 5.60 Å². The van der Waals surface area contributed by atoms with Gasteiger partial charge in [0.1, 0.15) is 0 Å². The van der Waals surface area contributed by atoms with Crippen molar-refractivity contribution in [2.75, 3.05) is 27.3 Å². The number of benzene rings is 1. The second-order valence-corrected chi connectivity index (χ2v) is 5.67. The predicted molar refractivity (Wildman–Crippen MR) is 97.9 cm³/mol. The Bertz CT molecular complexity index is 528.